The van der Waals surface area contributed by atoms with Gasteiger partial charge in [-0.15, -0.1) is 0 Å². The Morgan fingerprint density at radius 2 is 2.17 bits per heavy atom. The first kappa shape index (κ1) is 12.4. The van der Waals surface area contributed by atoms with Gasteiger partial charge in [-0.05, 0) is 12.2 Å². The van der Waals surface area contributed by atoms with Gasteiger partial charge in [0.15, 0.2) is 0 Å². The minimum atomic E-state index is -1.31. The van der Waals surface area contributed by atoms with Crippen LogP contribution in [0.25, 0.3) is 0 Å². The fraction of sp³-hybridized carbons (Fsp3) is 0. The Kier molecular flexibility index (Phi) is 6.17. The van der Waals surface area contributed by atoms with Gasteiger partial charge in [0.25, 0.3) is 0 Å². The minimum Gasteiger partial charge on any atom is -0.543 e. The Labute approximate surface area is 118 Å². The molecule has 12 heavy (non-hydrogen) atoms. The maximum atomic E-state index is 10.3. The summed E-state index contributed by atoms with van der Waals surface area (Å²) in [5.74, 6) is -1.31. The summed E-state index contributed by atoms with van der Waals surface area (Å²) in [7, 11) is 0. The fourth-order valence-corrected chi connectivity index (χ4v) is 0.840. The summed E-state index contributed by atoms with van der Waals surface area (Å²) in [5, 5.41) is 12.9. The first-order valence-corrected chi connectivity index (χ1v) is 3.30. The molecule has 0 unspecified atom stereocenters. The van der Waals surface area contributed by atoms with Gasteiger partial charge in [0.05, 0.1) is 16.7 Å². The van der Waals surface area contributed by atoms with Gasteiger partial charge < -0.3 is 15.2 Å². The Balaban J connectivity index is 0.00000121. The maximum Gasteiger partial charge on any atom is 1.00 e. The van der Waals surface area contributed by atoms with Crippen molar-refractivity contribution < 1.29 is 61.3 Å². The Bertz CT molecular complexity index is 271. The first-order chi connectivity index (χ1) is 5.22. The molecular formula is C7H5ClKNO2. The molecule has 0 bridgehead atoms. The van der Waals surface area contributed by atoms with Crippen molar-refractivity contribution in [2.45, 2.75) is 0 Å². The van der Waals surface area contributed by atoms with Crippen molar-refractivity contribution in [3.63, 3.8) is 0 Å². The van der Waals surface area contributed by atoms with E-state index in [4.69, 9.17) is 11.6 Å². The number of hydrogen-bond acceptors (Lipinski definition) is 3. The summed E-state index contributed by atoms with van der Waals surface area (Å²) < 4.78 is 0. The zero-order chi connectivity index (χ0) is 8.27. The van der Waals surface area contributed by atoms with Gasteiger partial charge in [-0.25, -0.2) is 0 Å². The van der Waals surface area contributed by atoms with Crippen molar-refractivity contribution in [2.75, 3.05) is 0 Å². The Morgan fingerprint density at radius 1 is 1.50 bits per heavy atom. The monoisotopic (exact) mass is 209 g/mol. The van der Waals surface area contributed by atoms with Crippen LogP contribution in [-0.4, -0.2) is 5.97 Å². The van der Waals surface area contributed by atoms with Crippen LogP contribution in [0.2, 0.25) is 0 Å². The number of rotatable bonds is 1. The van der Waals surface area contributed by atoms with Gasteiger partial charge in [0.1, 0.15) is 0 Å². The van der Waals surface area contributed by atoms with E-state index in [1.165, 1.54) is 12.3 Å². The molecule has 0 saturated carbocycles. The van der Waals surface area contributed by atoms with Crippen LogP contribution in [0.15, 0.2) is 35.2 Å². The number of carboxylic acid groups (broad SMARTS) is 1. The van der Waals surface area contributed by atoms with Gasteiger partial charge in [0, 0.05) is 6.20 Å². The molecule has 1 rings (SSSR count). The zero-order valence-electron chi connectivity index (χ0n) is 6.50. The van der Waals surface area contributed by atoms with Crippen LogP contribution >= 0.6 is 11.6 Å². The quantitative estimate of drug-likeness (QED) is 0.465. The van der Waals surface area contributed by atoms with Gasteiger partial charge >= 0.3 is 51.4 Å². The molecule has 0 saturated heterocycles. The summed E-state index contributed by atoms with van der Waals surface area (Å²) in [6.07, 6.45) is 6.21. The second-order valence-corrected chi connectivity index (χ2v) is 2.28. The molecule has 3 nitrogen and oxygen atoms in total. The number of allylic oxidation sites excluding steroid dienone is 4. The van der Waals surface area contributed by atoms with Gasteiger partial charge in [-0.3, -0.25) is 0 Å². The normalized spacial score (nSPS) is 14.8. The van der Waals surface area contributed by atoms with E-state index in [0.29, 0.717) is 0 Å². The molecule has 1 heterocycles. The summed E-state index contributed by atoms with van der Waals surface area (Å²) in [6, 6.07) is 0. The molecule has 0 aliphatic carbocycles. The van der Waals surface area contributed by atoms with E-state index in [1.54, 1.807) is 12.2 Å². The van der Waals surface area contributed by atoms with E-state index in [2.05, 4.69) is 5.32 Å². The summed E-state index contributed by atoms with van der Waals surface area (Å²) in [6.45, 7) is 0. The second-order valence-electron chi connectivity index (χ2n) is 1.87. The molecule has 0 aromatic carbocycles. The first-order valence-electron chi connectivity index (χ1n) is 2.92. The van der Waals surface area contributed by atoms with E-state index in [-0.39, 0.29) is 62.1 Å². The summed E-state index contributed by atoms with van der Waals surface area (Å²) in [4.78, 5) is 10.3. The second kappa shape index (κ2) is 5.96. The van der Waals surface area contributed by atoms with Crippen molar-refractivity contribution in [1.82, 2.24) is 5.32 Å². The van der Waals surface area contributed by atoms with Crippen molar-refractivity contribution in [3.8, 4) is 0 Å². The molecule has 5 heteroatoms. The van der Waals surface area contributed by atoms with Gasteiger partial charge in [-0.2, -0.15) is 0 Å². The van der Waals surface area contributed by atoms with Gasteiger partial charge in [0.2, 0.25) is 0 Å². The van der Waals surface area contributed by atoms with Crippen molar-refractivity contribution in [2.24, 2.45) is 0 Å². The van der Waals surface area contributed by atoms with Crippen LogP contribution in [-0.2, 0) is 4.79 Å². The molecular weight excluding hydrogens is 205 g/mol. The third-order valence-electron chi connectivity index (χ3n) is 1.12. The number of hydrogen-bond donors (Lipinski definition) is 1. The molecule has 0 fully saturated rings. The molecule has 0 amide bonds. The third kappa shape index (κ3) is 3.43. The van der Waals surface area contributed by atoms with Crippen LogP contribution in [0.4, 0.5) is 0 Å². The fourth-order valence-electron chi connectivity index (χ4n) is 0.636. The number of nitrogens with one attached hydrogen (secondary N) is 1. The molecule has 0 atom stereocenters. The average Bonchev–Trinajstić information content (AvgIpc) is 2.13. The molecule has 0 spiro atoms. The van der Waals surface area contributed by atoms with Crippen LogP contribution in [0.3, 0.4) is 0 Å². The van der Waals surface area contributed by atoms with Crippen LogP contribution in [0.5, 0.6) is 0 Å². The number of carboxylic acids is 1. The maximum absolute atomic E-state index is 10.3. The molecule has 1 aliphatic heterocycles. The Morgan fingerprint density at radius 3 is 2.75 bits per heavy atom. The van der Waals surface area contributed by atoms with E-state index in [1.807, 2.05) is 0 Å². The number of aliphatic carboxylic acids is 1. The molecule has 58 valence electrons. The van der Waals surface area contributed by atoms with Crippen LogP contribution in [0.1, 0.15) is 0 Å². The molecule has 0 aromatic rings. The molecule has 1 aliphatic rings. The number of carbonyl (C=O) groups is 1. The topological polar surface area (TPSA) is 52.2 Å². The zero-order valence-corrected chi connectivity index (χ0v) is 10.4. The van der Waals surface area contributed by atoms with Crippen molar-refractivity contribution in [1.29, 1.82) is 0 Å². The van der Waals surface area contributed by atoms with Crippen molar-refractivity contribution in [3.05, 3.63) is 35.2 Å². The standard InChI is InChI=1S/C7H6ClNO2.K/c8-5-3-1-2-4-9-6(5)7(10)11;/h1-4,9H,(H,10,11);/q;+1/p-1. The van der Waals surface area contributed by atoms with E-state index in [9.17, 15) is 9.90 Å². The predicted octanol–water partition coefficient (Wildman–Crippen LogP) is -3.14. The average molecular weight is 210 g/mol. The summed E-state index contributed by atoms with van der Waals surface area (Å²) in [5.41, 5.74) is -0.114. The van der Waals surface area contributed by atoms with Crippen LogP contribution in [0, 0.1) is 0 Å². The molecule has 0 radical (unpaired) electrons. The molecule has 1 N–H and O–H groups in total. The van der Waals surface area contributed by atoms with E-state index < -0.39 is 5.97 Å². The van der Waals surface area contributed by atoms with E-state index >= 15 is 0 Å². The van der Waals surface area contributed by atoms with Crippen LogP contribution < -0.4 is 61.8 Å². The third-order valence-corrected chi connectivity index (χ3v) is 1.44. The predicted molar refractivity (Wildman–Crippen MR) is 39.3 cm³/mol. The number of halogens is 1. The van der Waals surface area contributed by atoms with Gasteiger partial charge in [-0.1, -0.05) is 17.7 Å². The Hall–Kier alpha value is 0.416. The number of carbonyl (C=O) groups excluding carboxylic acids is 1. The van der Waals surface area contributed by atoms with Crippen molar-refractivity contribution >= 4 is 17.6 Å². The largest absolute Gasteiger partial charge is 1.00 e. The summed E-state index contributed by atoms with van der Waals surface area (Å²) >= 11 is 5.55. The molecule has 0 aromatic heterocycles. The smallest absolute Gasteiger partial charge is 0.543 e. The SMILES string of the molecule is O=C([O-])C1=C(Cl)C=CC=CN1.[K+]. The van der Waals surface area contributed by atoms with E-state index in [0.717, 1.165) is 0 Å². The minimum absolute atomic E-state index is 0.